The highest BCUT2D eigenvalue weighted by Gasteiger charge is 2.29. The van der Waals surface area contributed by atoms with E-state index in [9.17, 15) is 4.79 Å². The van der Waals surface area contributed by atoms with E-state index in [1.165, 1.54) is 6.42 Å². The summed E-state index contributed by atoms with van der Waals surface area (Å²) >= 11 is 5.94. The van der Waals surface area contributed by atoms with Gasteiger partial charge in [-0.25, -0.2) is 0 Å². The fourth-order valence-electron chi connectivity index (χ4n) is 2.98. The molecule has 1 fully saturated rings. The van der Waals surface area contributed by atoms with Crippen LogP contribution < -0.4 is 0 Å². The van der Waals surface area contributed by atoms with Crippen molar-refractivity contribution in [3.8, 4) is 0 Å². The molecule has 0 radical (unpaired) electrons. The van der Waals surface area contributed by atoms with Crippen molar-refractivity contribution in [1.82, 2.24) is 4.90 Å². The van der Waals surface area contributed by atoms with Gasteiger partial charge in [0.2, 0.25) is 0 Å². The quantitative estimate of drug-likeness (QED) is 0.783. The maximum atomic E-state index is 12.3. The van der Waals surface area contributed by atoms with Gasteiger partial charge in [0.1, 0.15) is 0 Å². The fourth-order valence-corrected chi connectivity index (χ4v) is 3.17. The van der Waals surface area contributed by atoms with Crippen molar-refractivity contribution in [2.45, 2.75) is 33.2 Å². The number of carbonyl (C=O) groups is 1. The zero-order valence-corrected chi connectivity index (χ0v) is 12.7. The highest BCUT2D eigenvalue weighted by atomic mass is 35.5. The van der Waals surface area contributed by atoms with Gasteiger partial charge < -0.3 is 0 Å². The molecule has 1 heterocycles. The van der Waals surface area contributed by atoms with Crippen molar-refractivity contribution >= 4 is 17.4 Å². The van der Waals surface area contributed by atoms with Crippen molar-refractivity contribution in [1.29, 1.82) is 0 Å². The molecule has 1 aromatic carbocycles. The molecule has 0 N–H and O–H groups in total. The maximum absolute atomic E-state index is 12.3. The first-order chi connectivity index (χ1) is 8.97. The number of hydrogen-bond donors (Lipinski definition) is 0. The van der Waals surface area contributed by atoms with Gasteiger partial charge in [-0.15, -0.1) is 0 Å². The van der Waals surface area contributed by atoms with E-state index in [-0.39, 0.29) is 5.78 Å². The highest BCUT2D eigenvalue weighted by molar-refractivity contribution is 6.31. The minimum atomic E-state index is 0.163. The summed E-state index contributed by atoms with van der Waals surface area (Å²) in [5, 5.41) is 0.624. The molecule has 1 aliphatic rings. The smallest absolute Gasteiger partial charge is 0.176 e. The number of halogens is 1. The van der Waals surface area contributed by atoms with E-state index in [0.29, 0.717) is 35.0 Å². The molecule has 0 aromatic heterocycles. The summed E-state index contributed by atoms with van der Waals surface area (Å²) < 4.78 is 0. The second-order valence-electron chi connectivity index (χ2n) is 5.92. The van der Waals surface area contributed by atoms with E-state index in [1.54, 1.807) is 12.1 Å². The van der Waals surface area contributed by atoms with Crippen LogP contribution in [0.15, 0.2) is 24.3 Å². The van der Waals surface area contributed by atoms with E-state index >= 15 is 0 Å². The monoisotopic (exact) mass is 279 g/mol. The van der Waals surface area contributed by atoms with Crippen LogP contribution >= 0.6 is 11.6 Å². The van der Waals surface area contributed by atoms with Gasteiger partial charge in [0, 0.05) is 23.2 Å². The van der Waals surface area contributed by atoms with Gasteiger partial charge >= 0.3 is 0 Å². The zero-order valence-electron chi connectivity index (χ0n) is 11.9. The molecular weight excluding hydrogens is 258 g/mol. The number of Topliss-reactive ketones (excluding diaryl/α,β-unsaturated/α-hetero) is 1. The van der Waals surface area contributed by atoms with Gasteiger partial charge in [0.15, 0.2) is 5.78 Å². The molecule has 2 rings (SSSR count). The van der Waals surface area contributed by atoms with E-state index in [1.807, 2.05) is 12.1 Å². The van der Waals surface area contributed by atoms with Gasteiger partial charge in [0.25, 0.3) is 0 Å². The zero-order chi connectivity index (χ0) is 14.0. The second kappa shape index (κ2) is 6.06. The summed E-state index contributed by atoms with van der Waals surface area (Å²) in [5.41, 5.74) is 0.713. The van der Waals surface area contributed by atoms with E-state index in [4.69, 9.17) is 11.6 Å². The van der Waals surface area contributed by atoms with Crippen LogP contribution in [0.4, 0.5) is 0 Å². The summed E-state index contributed by atoms with van der Waals surface area (Å²) in [6, 6.07) is 7.70. The van der Waals surface area contributed by atoms with E-state index in [2.05, 4.69) is 25.7 Å². The summed E-state index contributed by atoms with van der Waals surface area (Å²) in [6.07, 6.45) is 1.25. The summed E-state index contributed by atoms with van der Waals surface area (Å²) in [4.78, 5) is 14.6. The Balaban J connectivity index is 2.05. The SMILES string of the molecule is CC1CC(C)C(C)N(CC(=O)c2cccc(Cl)c2)C1. The molecule has 0 spiro atoms. The van der Waals surface area contributed by atoms with Crippen molar-refractivity contribution in [2.24, 2.45) is 11.8 Å². The van der Waals surface area contributed by atoms with Gasteiger partial charge in [-0.3, -0.25) is 9.69 Å². The Morgan fingerprint density at radius 3 is 2.79 bits per heavy atom. The third-order valence-corrected chi connectivity index (χ3v) is 4.45. The minimum absolute atomic E-state index is 0.163. The largest absolute Gasteiger partial charge is 0.293 e. The van der Waals surface area contributed by atoms with Crippen LogP contribution in [0, 0.1) is 11.8 Å². The van der Waals surface area contributed by atoms with Crippen molar-refractivity contribution < 1.29 is 4.79 Å². The molecule has 19 heavy (non-hydrogen) atoms. The number of rotatable bonds is 3. The molecule has 0 saturated carbocycles. The van der Waals surface area contributed by atoms with Crippen LogP contribution in [-0.2, 0) is 0 Å². The lowest BCUT2D eigenvalue weighted by Gasteiger charge is -2.40. The van der Waals surface area contributed by atoms with Gasteiger partial charge in [-0.2, -0.15) is 0 Å². The predicted octanol–water partition coefficient (Wildman–Crippen LogP) is 3.89. The Morgan fingerprint density at radius 1 is 1.37 bits per heavy atom. The topological polar surface area (TPSA) is 20.3 Å². The van der Waals surface area contributed by atoms with Crippen LogP contribution in [-0.4, -0.2) is 29.8 Å². The Hall–Kier alpha value is -0.860. The Kier molecular flexibility index (Phi) is 4.64. The van der Waals surface area contributed by atoms with Crippen LogP contribution in [0.2, 0.25) is 5.02 Å². The maximum Gasteiger partial charge on any atom is 0.176 e. The van der Waals surface area contributed by atoms with Crippen molar-refractivity contribution in [3.05, 3.63) is 34.9 Å². The Morgan fingerprint density at radius 2 is 2.11 bits per heavy atom. The average molecular weight is 280 g/mol. The molecule has 0 aliphatic carbocycles. The lowest BCUT2D eigenvalue weighted by Crippen LogP contribution is -2.47. The third-order valence-electron chi connectivity index (χ3n) is 4.21. The number of likely N-dealkylation sites (tertiary alicyclic amines) is 1. The standard InChI is InChI=1S/C16H22ClNO/c1-11-7-12(2)13(3)18(9-11)10-16(19)14-5-4-6-15(17)8-14/h4-6,8,11-13H,7,9-10H2,1-3H3. The molecule has 0 amide bonds. The highest BCUT2D eigenvalue weighted by Crippen LogP contribution is 2.27. The number of benzene rings is 1. The first kappa shape index (κ1) is 14.5. The molecule has 3 atom stereocenters. The first-order valence-electron chi connectivity index (χ1n) is 7.00. The predicted molar refractivity (Wildman–Crippen MR) is 79.8 cm³/mol. The molecular formula is C16H22ClNO. The van der Waals surface area contributed by atoms with Crippen LogP contribution in [0.3, 0.4) is 0 Å². The van der Waals surface area contributed by atoms with Crippen LogP contribution in [0.25, 0.3) is 0 Å². The third kappa shape index (κ3) is 3.58. The Labute approximate surface area is 120 Å². The number of nitrogens with zero attached hydrogens (tertiary/aromatic N) is 1. The van der Waals surface area contributed by atoms with Crippen LogP contribution in [0.5, 0.6) is 0 Å². The first-order valence-corrected chi connectivity index (χ1v) is 7.38. The summed E-state index contributed by atoms with van der Waals surface area (Å²) in [5.74, 6) is 1.48. The van der Waals surface area contributed by atoms with Gasteiger partial charge in [0.05, 0.1) is 6.54 Å². The number of ketones is 1. The van der Waals surface area contributed by atoms with Gasteiger partial charge in [-0.05, 0) is 37.3 Å². The molecule has 104 valence electrons. The average Bonchev–Trinajstić information content (AvgIpc) is 2.35. The number of hydrogen-bond acceptors (Lipinski definition) is 2. The lowest BCUT2D eigenvalue weighted by molar-refractivity contribution is 0.0650. The minimum Gasteiger partial charge on any atom is -0.293 e. The molecule has 1 aromatic rings. The normalized spacial score (nSPS) is 28.3. The second-order valence-corrected chi connectivity index (χ2v) is 6.36. The molecule has 1 saturated heterocycles. The molecule has 2 nitrogen and oxygen atoms in total. The summed E-state index contributed by atoms with van der Waals surface area (Å²) in [7, 11) is 0. The summed E-state index contributed by atoms with van der Waals surface area (Å²) in [6.45, 7) is 8.27. The number of carbonyl (C=O) groups excluding carboxylic acids is 1. The van der Waals surface area contributed by atoms with E-state index in [0.717, 1.165) is 6.54 Å². The van der Waals surface area contributed by atoms with Crippen molar-refractivity contribution in [3.63, 3.8) is 0 Å². The van der Waals surface area contributed by atoms with E-state index < -0.39 is 0 Å². The fraction of sp³-hybridized carbons (Fsp3) is 0.562. The lowest BCUT2D eigenvalue weighted by atomic mass is 9.86. The molecule has 3 heteroatoms. The molecule has 0 bridgehead atoms. The van der Waals surface area contributed by atoms with Crippen molar-refractivity contribution in [2.75, 3.05) is 13.1 Å². The van der Waals surface area contributed by atoms with Crippen LogP contribution in [0.1, 0.15) is 37.6 Å². The van der Waals surface area contributed by atoms with Gasteiger partial charge in [-0.1, -0.05) is 37.6 Å². The Bertz CT molecular complexity index is 460. The molecule has 1 aliphatic heterocycles. The number of piperidine rings is 1. The molecule has 3 unspecified atom stereocenters.